The van der Waals surface area contributed by atoms with Crippen LogP contribution in [0.3, 0.4) is 0 Å². The van der Waals surface area contributed by atoms with E-state index in [-0.39, 0.29) is 18.2 Å². The molecule has 2 N–H and O–H groups in total. The molecule has 4 aromatic rings. The molecule has 186 valence electrons. The lowest BCUT2D eigenvalue weighted by molar-refractivity contribution is -0.116. The first-order valence-corrected chi connectivity index (χ1v) is 13.1. The Morgan fingerprint density at radius 1 is 1.16 bits per heavy atom. The highest BCUT2D eigenvalue weighted by Crippen LogP contribution is 2.39. The smallest absolute Gasteiger partial charge is 0.251 e. The van der Waals surface area contributed by atoms with Crippen LogP contribution in [-0.4, -0.2) is 32.3 Å². The number of aryl methyl sites for hydroxylation is 2. The molecular weight excluding hydrogens is 508 g/mol. The fourth-order valence-electron chi connectivity index (χ4n) is 4.83. The Labute approximate surface area is 222 Å². The van der Waals surface area contributed by atoms with Gasteiger partial charge in [0.05, 0.1) is 12.1 Å². The minimum absolute atomic E-state index is 0.0798. The number of nitrogens with one attached hydrogen (secondary N) is 2. The molecule has 0 bridgehead atoms. The van der Waals surface area contributed by atoms with Crippen molar-refractivity contribution in [3.63, 3.8) is 0 Å². The summed E-state index contributed by atoms with van der Waals surface area (Å²) in [4.78, 5) is 31.4. The van der Waals surface area contributed by atoms with Crippen LogP contribution in [0.2, 0.25) is 5.02 Å². The van der Waals surface area contributed by atoms with Crippen LogP contribution in [0.15, 0.2) is 47.5 Å². The Bertz CT molecular complexity index is 1620. The normalized spacial score (nSPS) is 15.8. The molecule has 2 aliphatic rings. The molecule has 1 atom stereocenters. The Morgan fingerprint density at radius 2 is 1.95 bits per heavy atom. The maximum absolute atomic E-state index is 13.3. The van der Waals surface area contributed by atoms with Crippen LogP contribution < -0.4 is 10.6 Å². The molecule has 2 aliphatic heterocycles. The lowest BCUT2D eigenvalue weighted by Crippen LogP contribution is -2.17. The number of halogens is 1. The van der Waals surface area contributed by atoms with E-state index in [9.17, 15) is 9.59 Å². The number of rotatable bonds is 4. The number of amides is 2. The monoisotopic (exact) mass is 530 g/mol. The number of thiophene rings is 1. The number of hydrogen-bond acceptors (Lipinski definition) is 6. The van der Waals surface area contributed by atoms with Crippen molar-refractivity contribution in [1.29, 1.82) is 0 Å². The number of aromatic nitrogens is 3. The molecule has 2 amide bonds. The Morgan fingerprint density at radius 3 is 2.73 bits per heavy atom. The standard InChI is InChI=1S/C27H23ClN6O2S/c1-13-14(2)37-27-23(13)24(16-4-6-18(28)7-5-16)31-21(25-33-32-15(3)34(25)27)11-22(35)30-19-8-9-20-17(10-19)12-29-26(20)36/h4-10,21H,11-12H2,1-3H3,(H,29,36)(H,30,35)/t21-/m0/s1. The molecule has 0 radical (unpaired) electrons. The molecule has 10 heteroatoms. The van der Waals surface area contributed by atoms with Gasteiger partial charge < -0.3 is 10.6 Å². The molecule has 0 unspecified atom stereocenters. The van der Waals surface area contributed by atoms with Crippen molar-refractivity contribution < 1.29 is 9.59 Å². The van der Waals surface area contributed by atoms with Gasteiger partial charge in [0, 0.05) is 38.8 Å². The summed E-state index contributed by atoms with van der Waals surface area (Å²) in [5, 5.41) is 16.2. The highest BCUT2D eigenvalue weighted by Gasteiger charge is 2.32. The quantitative estimate of drug-likeness (QED) is 0.384. The first-order chi connectivity index (χ1) is 17.8. The van der Waals surface area contributed by atoms with Gasteiger partial charge in [0.1, 0.15) is 16.9 Å². The molecule has 0 saturated carbocycles. The molecule has 2 aromatic carbocycles. The molecule has 0 aliphatic carbocycles. The van der Waals surface area contributed by atoms with Gasteiger partial charge in [-0.2, -0.15) is 0 Å². The summed E-state index contributed by atoms with van der Waals surface area (Å²) < 4.78 is 2.02. The van der Waals surface area contributed by atoms with Gasteiger partial charge in [-0.05, 0) is 62.2 Å². The van der Waals surface area contributed by atoms with Gasteiger partial charge in [0.2, 0.25) is 5.91 Å². The predicted molar refractivity (Wildman–Crippen MR) is 144 cm³/mol. The number of hydrogen-bond donors (Lipinski definition) is 2. The van der Waals surface area contributed by atoms with Gasteiger partial charge in [-0.25, -0.2) is 0 Å². The SMILES string of the molecule is Cc1sc2c(c1C)C(c1ccc(Cl)cc1)=N[C@@H](CC(=O)Nc1ccc3c(c1)CNC3=O)c1nnc(C)n1-2. The summed E-state index contributed by atoms with van der Waals surface area (Å²) in [6.45, 7) is 6.56. The van der Waals surface area contributed by atoms with Crippen molar-refractivity contribution in [3.8, 4) is 5.00 Å². The highest BCUT2D eigenvalue weighted by molar-refractivity contribution is 7.15. The molecule has 37 heavy (non-hydrogen) atoms. The maximum atomic E-state index is 13.3. The van der Waals surface area contributed by atoms with E-state index in [4.69, 9.17) is 16.6 Å². The van der Waals surface area contributed by atoms with Crippen LogP contribution in [0.4, 0.5) is 5.69 Å². The van der Waals surface area contributed by atoms with Crippen LogP contribution in [0.1, 0.15) is 61.6 Å². The topological polar surface area (TPSA) is 101 Å². The van der Waals surface area contributed by atoms with Crippen molar-refractivity contribution >= 4 is 46.2 Å². The third-order valence-electron chi connectivity index (χ3n) is 6.81. The number of aliphatic imine (C=N–C) groups is 1. The molecular formula is C27H23ClN6O2S. The van der Waals surface area contributed by atoms with Crippen LogP contribution in [0.25, 0.3) is 5.00 Å². The molecule has 8 nitrogen and oxygen atoms in total. The second kappa shape index (κ2) is 8.93. The number of fused-ring (bicyclic) bond motifs is 4. The zero-order valence-electron chi connectivity index (χ0n) is 20.4. The fraction of sp³-hybridized carbons (Fsp3) is 0.222. The van der Waals surface area contributed by atoms with E-state index in [0.717, 1.165) is 38.8 Å². The Kier molecular flexibility index (Phi) is 5.69. The summed E-state index contributed by atoms with van der Waals surface area (Å²) >= 11 is 7.85. The van der Waals surface area contributed by atoms with Crippen LogP contribution >= 0.6 is 22.9 Å². The molecule has 0 spiro atoms. The minimum Gasteiger partial charge on any atom is -0.348 e. The molecule has 6 rings (SSSR count). The molecule has 0 saturated heterocycles. The van der Waals surface area contributed by atoms with E-state index >= 15 is 0 Å². The first-order valence-electron chi connectivity index (χ1n) is 11.9. The van der Waals surface area contributed by atoms with Gasteiger partial charge in [0.25, 0.3) is 5.91 Å². The lowest BCUT2D eigenvalue weighted by Gasteiger charge is -2.13. The first kappa shape index (κ1) is 23.6. The van der Waals surface area contributed by atoms with Crippen LogP contribution in [0, 0.1) is 20.8 Å². The summed E-state index contributed by atoms with van der Waals surface area (Å²) in [7, 11) is 0. The van der Waals surface area contributed by atoms with Gasteiger partial charge >= 0.3 is 0 Å². The maximum Gasteiger partial charge on any atom is 0.251 e. The van der Waals surface area contributed by atoms with E-state index < -0.39 is 6.04 Å². The highest BCUT2D eigenvalue weighted by atomic mass is 35.5. The van der Waals surface area contributed by atoms with Gasteiger partial charge in [-0.3, -0.25) is 19.1 Å². The van der Waals surface area contributed by atoms with Gasteiger partial charge in [-0.1, -0.05) is 23.7 Å². The second-order valence-electron chi connectivity index (χ2n) is 9.21. The van der Waals surface area contributed by atoms with E-state index in [1.807, 2.05) is 41.8 Å². The zero-order chi connectivity index (χ0) is 25.8. The lowest BCUT2D eigenvalue weighted by atomic mass is 9.99. The van der Waals surface area contributed by atoms with Crippen molar-refractivity contribution in [1.82, 2.24) is 20.1 Å². The third kappa shape index (κ3) is 4.04. The molecule has 2 aromatic heterocycles. The van der Waals surface area contributed by atoms with Gasteiger partial charge in [-0.15, -0.1) is 21.5 Å². The average molecular weight is 531 g/mol. The summed E-state index contributed by atoms with van der Waals surface area (Å²) in [6.07, 6.45) is 0.0798. The van der Waals surface area contributed by atoms with Crippen LogP contribution in [-0.2, 0) is 11.3 Å². The number of anilines is 1. The summed E-state index contributed by atoms with van der Waals surface area (Å²) in [5.41, 5.74) is 6.03. The van der Waals surface area contributed by atoms with E-state index in [1.165, 1.54) is 4.88 Å². The van der Waals surface area contributed by atoms with Crippen molar-refractivity contribution in [3.05, 3.63) is 91.8 Å². The van der Waals surface area contributed by atoms with Crippen molar-refractivity contribution in [2.75, 3.05) is 5.32 Å². The van der Waals surface area contributed by atoms with Crippen LogP contribution in [0.5, 0.6) is 0 Å². The number of carbonyl (C=O) groups is 2. The fourth-order valence-corrected chi connectivity index (χ4v) is 6.17. The Hall–Kier alpha value is -3.82. The predicted octanol–water partition coefficient (Wildman–Crippen LogP) is 5.07. The summed E-state index contributed by atoms with van der Waals surface area (Å²) in [5.74, 6) is 1.07. The van der Waals surface area contributed by atoms with Crippen molar-refractivity contribution in [2.45, 2.75) is 39.8 Å². The Balaban J connectivity index is 1.40. The number of carbonyl (C=O) groups excluding carboxylic acids is 2. The molecule has 4 heterocycles. The summed E-state index contributed by atoms with van der Waals surface area (Å²) in [6, 6.07) is 12.4. The average Bonchev–Trinajstić information content (AvgIpc) is 3.49. The second-order valence-corrected chi connectivity index (χ2v) is 10.9. The molecule has 0 fully saturated rings. The number of nitrogens with zero attached hydrogens (tertiary/aromatic N) is 4. The number of benzene rings is 2. The van der Waals surface area contributed by atoms with Gasteiger partial charge in [0.15, 0.2) is 5.82 Å². The van der Waals surface area contributed by atoms with E-state index in [1.54, 1.807) is 23.5 Å². The zero-order valence-corrected chi connectivity index (χ0v) is 22.0. The van der Waals surface area contributed by atoms with E-state index in [0.29, 0.717) is 28.6 Å². The minimum atomic E-state index is -0.552. The van der Waals surface area contributed by atoms with Crippen molar-refractivity contribution in [2.24, 2.45) is 4.99 Å². The third-order valence-corrected chi connectivity index (χ3v) is 8.25. The van der Waals surface area contributed by atoms with E-state index in [2.05, 4.69) is 34.7 Å². The largest absolute Gasteiger partial charge is 0.348 e.